The highest BCUT2D eigenvalue weighted by molar-refractivity contribution is 5.79. The van der Waals surface area contributed by atoms with Crippen molar-refractivity contribution in [3.8, 4) is 0 Å². The molecule has 3 N–H and O–H groups in total. The lowest BCUT2D eigenvalue weighted by atomic mass is 9.94. The smallest absolute Gasteiger partial charge is 0.191 e. The van der Waals surface area contributed by atoms with Crippen molar-refractivity contribution in [3.05, 3.63) is 29.6 Å². The summed E-state index contributed by atoms with van der Waals surface area (Å²) in [5, 5.41) is 15.9. The van der Waals surface area contributed by atoms with Gasteiger partial charge in [0, 0.05) is 25.4 Å². The van der Waals surface area contributed by atoms with Crippen LogP contribution in [0.5, 0.6) is 0 Å². The molecule has 1 rings (SSSR count). The van der Waals surface area contributed by atoms with E-state index in [2.05, 4.69) is 41.4 Å². The van der Waals surface area contributed by atoms with E-state index in [0.717, 1.165) is 43.3 Å². The average Bonchev–Trinajstić information content (AvgIpc) is 2.49. The van der Waals surface area contributed by atoms with E-state index < -0.39 is 0 Å². The van der Waals surface area contributed by atoms with E-state index in [4.69, 9.17) is 0 Å². The maximum atomic E-state index is 9.21. The van der Waals surface area contributed by atoms with Gasteiger partial charge in [0.1, 0.15) is 0 Å². The first-order chi connectivity index (χ1) is 11.0. The number of guanidine groups is 1. The standard InChI is InChI=1S/C18H32N4O/c1-5-19-18(20-12-16(9-10-23)11-14(2)3)21-13-17-8-6-7-15(4)22-17/h6-8,14,16,23H,5,9-13H2,1-4H3,(H2,19,20,21). The third-order valence-electron chi connectivity index (χ3n) is 3.59. The van der Waals surface area contributed by atoms with Crippen molar-refractivity contribution in [2.45, 2.75) is 47.1 Å². The minimum absolute atomic E-state index is 0.236. The summed E-state index contributed by atoms with van der Waals surface area (Å²) in [6, 6.07) is 5.99. The lowest BCUT2D eigenvalue weighted by Crippen LogP contribution is -2.40. The summed E-state index contributed by atoms with van der Waals surface area (Å²) in [5.74, 6) is 1.90. The molecule has 5 heteroatoms. The zero-order valence-electron chi connectivity index (χ0n) is 15.0. The molecule has 0 radical (unpaired) electrons. The van der Waals surface area contributed by atoms with Crippen LogP contribution in [0.25, 0.3) is 0 Å². The first-order valence-corrected chi connectivity index (χ1v) is 8.60. The van der Waals surface area contributed by atoms with Gasteiger partial charge in [-0.3, -0.25) is 4.98 Å². The van der Waals surface area contributed by atoms with Gasteiger partial charge >= 0.3 is 0 Å². The monoisotopic (exact) mass is 320 g/mol. The van der Waals surface area contributed by atoms with E-state index in [-0.39, 0.29) is 6.61 Å². The predicted molar refractivity (Wildman–Crippen MR) is 96.4 cm³/mol. The molecule has 0 bridgehead atoms. The van der Waals surface area contributed by atoms with E-state index in [1.54, 1.807) is 0 Å². The first-order valence-electron chi connectivity index (χ1n) is 8.60. The Morgan fingerprint density at radius 1 is 1.30 bits per heavy atom. The molecule has 0 saturated carbocycles. The molecule has 1 unspecified atom stereocenters. The van der Waals surface area contributed by atoms with Gasteiger partial charge in [-0.1, -0.05) is 19.9 Å². The van der Waals surface area contributed by atoms with Gasteiger partial charge in [0.05, 0.1) is 12.2 Å². The van der Waals surface area contributed by atoms with Gasteiger partial charge in [0.15, 0.2) is 5.96 Å². The maximum Gasteiger partial charge on any atom is 0.191 e. The van der Waals surface area contributed by atoms with Gasteiger partial charge < -0.3 is 15.7 Å². The number of hydrogen-bond acceptors (Lipinski definition) is 3. The molecule has 0 amide bonds. The number of aliphatic imine (C=N–C) groups is 1. The predicted octanol–water partition coefficient (Wildman–Crippen LogP) is 2.49. The average molecular weight is 320 g/mol. The maximum absolute atomic E-state index is 9.21. The molecule has 1 aromatic heterocycles. The quantitative estimate of drug-likeness (QED) is 0.483. The molecular weight excluding hydrogens is 288 g/mol. The number of aliphatic hydroxyl groups is 1. The number of aliphatic hydroxyl groups excluding tert-OH is 1. The second kappa shape index (κ2) is 11.0. The van der Waals surface area contributed by atoms with Gasteiger partial charge in [-0.2, -0.15) is 0 Å². The molecular formula is C18H32N4O. The fraction of sp³-hybridized carbons (Fsp3) is 0.667. The molecule has 0 spiro atoms. The van der Waals surface area contributed by atoms with E-state index in [9.17, 15) is 5.11 Å². The van der Waals surface area contributed by atoms with Gasteiger partial charge in [0.2, 0.25) is 0 Å². The molecule has 130 valence electrons. The van der Waals surface area contributed by atoms with Gasteiger partial charge in [0.25, 0.3) is 0 Å². The summed E-state index contributed by atoms with van der Waals surface area (Å²) in [4.78, 5) is 9.08. The zero-order chi connectivity index (χ0) is 17.1. The number of hydrogen-bond donors (Lipinski definition) is 3. The Labute approximate surface area is 140 Å². The molecule has 0 fully saturated rings. The van der Waals surface area contributed by atoms with Crippen LogP contribution in [0.15, 0.2) is 23.2 Å². The SMILES string of the molecule is CCNC(=NCc1cccc(C)n1)NCC(CCO)CC(C)C. The van der Waals surface area contributed by atoms with Crippen molar-refractivity contribution < 1.29 is 5.11 Å². The van der Waals surface area contributed by atoms with Crippen LogP contribution in [0.2, 0.25) is 0 Å². The molecule has 23 heavy (non-hydrogen) atoms. The molecule has 0 aliphatic rings. The van der Waals surface area contributed by atoms with Gasteiger partial charge in [-0.05, 0) is 50.7 Å². The lowest BCUT2D eigenvalue weighted by molar-refractivity contribution is 0.243. The summed E-state index contributed by atoms with van der Waals surface area (Å²) in [6.07, 6.45) is 1.93. The highest BCUT2D eigenvalue weighted by Crippen LogP contribution is 2.14. The Balaban J connectivity index is 2.60. The minimum atomic E-state index is 0.236. The van der Waals surface area contributed by atoms with Crippen LogP contribution in [0.4, 0.5) is 0 Å². The Morgan fingerprint density at radius 3 is 2.70 bits per heavy atom. The highest BCUT2D eigenvalue weighted by atomic mass is 16.3. The Morgan fingerprint density at radius 2 is 2.09 bits per heavy atom. The van der Waals surface area contributed by atoms with Crippen LogP contribution in [0.3, 0.4) is 0 Å². The number of nitrogens with zero attached hydrogens (tertiary/aromatic N) is 2. The molecule has 0 saturated heterocycles. The Hall–Kier alpha value is -1.62. The number of pyridine rings is 1. The van der Waals surface area contributed by atoms with Crippen LogP contribution in [0.1, 0.15) is 45.0 Å². The number of rotatable bonds is 9. The fourth-order valence-corrected chi connectivity index (χ4v) is 2.58. The normalized spacial score (nSPS) is 13.2. The summed E-state index contributed by atoms with van der Waals surface area (Å²) in [7, 11) is 0. The number of aromatic nitrogens is 1. The molecule has 0 aliphatic heterocycles. The van der Waals surface area contributed by atoms with Crippen molar-refractivity contribution in [2.24, 2.45) is 16.8 Å². The molecule has 0 aliphatic carbocycles. The summed E-state index contributed by atoms with van der Waals surface area (Å²) in [5.41, 5.74) is 1.98. The van der Waals surface area contributed by atoms with Gasteiger partial charge in [-0.25, -0.2) is 4.99 Å². The lowest BCUT2D eigenvalue weighted by Gasteiger charge is -2.20. The second-order valence-electron chi connectivity index (χ2n) is 6.35. The van der Waals surface area contributed by atoms with Crippen molar-refractivity contribution >= 4 is 5.96 Å². The van der Waals surface area contributed by atoms with E-state index in [0.29, 0.717) is 18.4 Å². The molecule has 5 nitrogen and oxygen atoms in total. The largest absolute Gasteiger partial charge is 0.396 e. The first kappa shape index (κ1) is 19.4. The van der Waals surface area contributed by atoms with Crippen molar-refractivity contribution in [2.75, 3.05) is 19.7 Å². The molecule has 1 atom stereocenters. The molecule has 1 aromatic rings. The highest BCUT2D eigenvalue weighted by Gasteiger charge is 2.11. The van der Waals surface area contributed by atoms with E-state index in [1.165, 1.54) is 0 Å². The minimum Gasteiger partial charge on any atom is -0.396 e. The third kappa shape index (κ3) is 8.55. The summed E-state index contributed by atoms with van der Waals surface area (Å²) < 4.78 is 0. The van der Waals surface area contributed by atoms with Crippen LogP contribution < -0.4 is 10.6 Å². The van der Waals surface area contributed by atoms with Crippen LogP contribution in [-0.4, -0.2) is 35.7 Å². The zero-order valence-corrected chi connectivity index (χ0v) is 15.0. The molecule has 0 aromatic carbocycles. The molecule has 1 heterocycles. The third-order valence-corrected chi connectivity index (χ3v) is 3.59. The van der Waals surface area contributed by atoms with Gasteiger partial charge in [-0.15, -0.1) is 0 Å². The van der Waals surface area contributed by atoms with Crippen LogP contribution in [0, 0.1) is 18.8 Å². The van der Waals surface area contributed by atoms with E-state index in [1.807, 2.05) is 25.1 Å². The Kier molecular flexibility index (Phi) is 9.29. The second-order valence-corrected chi connectivity index (χ2v) is 6.35. The Bertz CT molecular complexity index is 474. The number of nitrogens with one attached hydrogen (secondary N) is 2. The van der Waals surface area contributed by atoms with Crippen molar-refractivity contribution in [1.82, 2.24) is 15.6 Å². The van der Waals surface area contributed by atoms with E-state index >= 15 is 0 Å². The van der Waals surface area contributed by atoms with Crippen LogP contribution in [-0.2, 0) is 6.54 Å². The van der Waals surface area contributed by atoms with Crippen molar-refractivity contribution in [1.29, 1.82) is 0 Å². The number of aryl methyl sites for hydroxylation is 1. The van der Waals surface area contributed by atoms with Crippen LogP contribution >= 0.6 is 0 Å². The van der Waals surface area contributed by atoms with Crippen molar-refractivity contribution in [3.63, 3.8) is 0 Å². The fourth-order valence-electron chi connectivity index (χ4n) is 2.58. The topological polar surface area (TPSA) is 69.5 Å². The summed E-state index contributed by atoms with van der Waals surface area (Å²) in [6.45, 7) is 10.9. The summed E-state index contributed by atoms with van der Waals surface area (Å²) >= 11 is 0.